The van der Waals surface area contributed by atoms with E-state index in [4.69, 9.17) is 5.73 Å². The van der Waals surface area contributed by atoms with Gasteiger partial charge in [-0.15, -0.1) is 0 Å². The molecule has 1 heterocycles. The summed E-state index contributed by atoms with van der Waals surface area (Å²) in [5.74, 6) is 0. The van der Waals surface area contributed by atoms with Gasteiger partial charge in [-0.3, -0.25) is 0 Å². The standard InChI is InChI=1S/C12H27N3/c1-12(2,13)10-15-8-5-6-11(7-9-15)14(3)4/h11H,5-10,13H2,1-4H3. The van der Waals surface area contributed by atoms with Crippen molar-refractivity contribution >= 4 is 0 Å². The van der Waals surface area contributed by atoms with E-state index in [1.807, 2.05) is 0 Å². The summed E-state index contributed by atoms with van der Waals surface area (Å²) < 4.78 is 0. The van der Waals surface area contributed by atoms with Crippen LogP contribution in [-0.2, 0) is 0 Å². The van der Waals surface area contributed by atoms with E-state index in [2.05, 4.69) is 37.7 Å². The lowest BCUT2D eigenvalue weighted by Gasteiger charge is -2.29. The SMILES string of the molecule is CN(C)C1CCCN(CC(C)(C)N)CC1. The molecule has 1 saturated heterocycles. The molecular formula is C12H27N3. The van der Waals surface area contributed by atoms with Gasteiger partial charge < -0.3 is 15.5 Å². The molecule has 0 spiro atoms. The Balaban J connectivity index is 2.39. The van der Waals surface area contributed by atoms with Crippen LogP contribution in [0.15, 0.2) is 0 Å². The zero-order valence-corrected chi connectivity index (χ0v) is 10.8. The molecule has 0 amide bonds. The quantitative estimate of drug-likeness (QED) is 0.763. The molecule has 1 fully saturated rings. The highest BCUT2D eigenvalue weighted by Gasteiger charge is 2.21. The van der Waals surface area contributed by atoms with E-state index in [0.29, 0.717) is 0 Å². The lowest BCUT2D eigenvalue weighted by molar-refractivity contribution is 0.220. The summed E-state index contributed by atoms with van der Waals surface area (Å²) in [5.41, 5.74) is 6.00. The Bertz CT molecular complexity index is 184. The maximum Gasteiger partial charge on any atom is 0.0226 e. The molecule has 1 unspecified atom stereocenters. The largest absolute Gasteiger partial charge is 0.324 e. The van der Waals surface area contributed by atoms with Crippen LogP contribution in [0.1, 0.15) is 33.1 Å². The van der Waals surface area contributed by atoms with Crippen molar-refractivity contribution in [3.05, 3.63) is 0 Å². The zero-order chi connectivity index (χ0) is 11.5. The molecule has 2 N–H and O–H groups in total. The van der Waals surface area contributed by atoms with Crippen molar-refractivity contribution in [2.24, 2.45) is 5.73 Å². The van der Waals surface area contributed by atoms with E-state index in [9.17, 15) is 0 Å². The van der Waals surface area contributed by atoms with Crippen LogP contribution in [-0.4, -0.2) is 55.1 Å². The molecule has 3 heteroatoms. The minimum Gasteiger partial charge on any atom is -0.324 e. The Morgan fingerprint density at radius 2 is 1.93 bits per heavy atom. The molecule has 0 bridgehead atoms. The highest BCUT2D eigenvalue weighted by molar-refractivity contribution is 4.81. The molecule has 3 nitrogen and oxygen atoms in total. The highest BCUT2D eigenvalue weighted by atomic mass is 15.2. The smallest absolute Gasteiger partial charge is 0.0226 e. The lowest BCUT2D eigenvalue weighted by atomic mass is 10.1. The van der Waals surface area contributed by atoms with Gasteiger partial charge >= 0.3 is 0 Å². The van der Waals surface area contributed by atoms with Crippen LogP contribution in [0.4, 0.5) is 0 Å². The molecule has 1 aliphatic rings. The second-order valence-electron chi connectivity index (χ2n) is 5.81. The van der Waals surface area contributed by atoms with Crippen LogP contribution in [0.5, 0.6) is 0 Å². The molecule has 0 aromatic carbocycles. The molecule has 15 heavy (non-hydrogen) atoms. The van der Waals surface area contributed by atoms with E-state index in [1.54, 1.807) is 0 Å². The number of likely N-dealkylation sites (tertiary alicyclic amines) is 1. The number of nitrogens with two attached hydrogens (primary N) is 1. The molecule has 1 aliphatic heterocycles. The first-order valence-electron chi connectivity index (χ1n) is 6.06. The first-order chi connectivity index (χ1) is 6.88. The Morgan fingerprint density at radius 1 is 1.27 bits per heavy atom. The number of hydrogen-bond donors (Lipinski definition) is 1. The van der Waals surface area contributed by atoms with Crippen molar-refractivity contribution in [2.45, 2.75) is 44.7 Å². The Kier molecular flexibility index (Phi) is 4.56. The first kappa shape index (κ1) is 12.9. The van der Waals surface area contributed by atoms with Gasteiger partial charge in [-0.2, -0.15) is 0 Å². The van der Waals surface area contributed by atoms with Crippen molar-refractivity contribution in [3.8, 4) is 0 Å². The molecule has 0 aliphatic carbocycles. The fourth-order valence-electron chi connectivity index (χ4n) is 2.39. The predicted molar refractivity (Wildman–Crippen MR) is 66.0 cm³/mol. The van der Waals surface area contributed by atoms with Crippen LogP contribution < -0.4 is 5.73 Å². The topological polar surface area (TPSA) is 32.5 Å². The van der Waals surface area contributed by atoms with Crippen LogP contribution in [0, 0.1) is 0 Å². The fourth-order valence-corrected chi connectivity index (χ4v) is 2.39. The van der Waals surface area contributed by atoms with Crippen molar-refractivity contribution in [1.82, 2.24) is 9.80 Å². The van der Waals surface area contributed by atoms with Crippen LogP contribution in [0.3, 0.4) is 0 Å². The first-order valence-corrected chi connectivity index (χ1v) is 6.06. The van der Waals surface area contributed by atoms with E-state index in [-0.39, 0.29) is 5.54 Å². The molecule has 0 saturated carbocycles. The third-order valence-corrected chi connectivity index (χ3v) is 3.15. The number of rotatable bonds is 3. The summed E-state index contributed by atoms with van der Waals surface area (Å²) in [6.07, 6.45) is 3.91. The van der Waals surface area contributed by atoms with Crippen LogP contribution in [0.2, 0.25) is 0 Å². The minimum atomic E-state index is -0.0576. The molecule has 0 radical (unpaired) electrons. The van der Waals surface area contributed by atoms with E-state index in [0.717, 1.165) is 12.6 Å². The second-order valence-corrected chi connectivity index (χ2v) is 5.81. The van der Waals surface area contributed by atoms with Gasteiger partial charge in [-0.05, 0) is 60.3 Å². The van der Waals surface area contributed by atoms with Crippen LogP contribution >= 0.6 is 0 Å². The van der Waals surface area contributed by atoms with E-state index in [1.165, 1.54) is 32.4 Å². The van der Waals surface area contributed by atoms with Crippen LogP contribution in [0.25, 0.3) is 0 Å². The van der Waals surface area contributed by atoms with Crippen molar-refractivity contribution in [2.75, 3.05) is 33.7 Å². The Labute approximate surface area is 94.6 Å². The number of nitrogens with zero attached hydrogens (tertiary/aromatic N) is 2. The summed E-state index contributed by atoms with van der Waals surface area (Å²) in [5, 5.41) is 0. The molecular weight excluding hydrogens is 186 g/mol. The predicted octanol–water partition coefficient (Wildman–Crippen LogP) is 1.14. The molecule has 0 aromatic rings. The monoisotopic (exact) mass is 213 g/mol. The summed E-state index contributed by atoms with van der Waals surface area (Å²) >= 11 is 0. The van der Waals surface area contributed by atoms with Gasteiger partial charge in [-0.25, -0.2) is 0 Å². The maximum absolute atomic E-state index is 6.06. The van der Waals surface area contributed by atoms with Gasteiger partial charge in [0.2, 0.25) is 0 Å². The van der Waals surface area contributed by atoms with Crippen molar-refractivity contribution in [3.63, 3.8) is 0 Å². The average Bonchev–Trinajstić information content (AvgIpc) is 2.26. The molecule has 1 atom stereocenters. The Morgan fingerprint density at radius 3 is 2.47 bits per heavy atom. The van der Waals surface area contributed by atoms with Crippen molar-refractivity contribution < 1.29 is 0 Å². The third-order valence-electron chi connectivity index (χ3n) is 3.15. The number of hydrogen-bond acceptors (Lipinski definition) is 3. The summed E-state index contributed by atoms with van der Waals surface area (Å²) in [6.45, 7) is 7.66. The fraction of sp³-hybridized carbons (Fsp3) is 1.00. The minimum absolute atomic E-state index is 0.0576. The third kappa shape index (κ3) is 4.96. The summed E-state index contributed by atoms with van der Waals surface area (Å²) in [4.78, 5) is 4.88. The molecule has 1 rings (SSSR count). The normalized spacial score (nSPS) is 25.6. The molecule has 0 aromatic heterocycles. The van der Waals surface area contributed by atoms with E-state index >= 15 is 0 Å². The van der Waals surface area contributed by atoms with Gasteiger partial charge in [0.1, 0.15) is 0 Å². The van der Waals surface area contributed by atoms with Gasteiger partial charge in [-0.1, -0.05) is 0 Å². The summed E-state index contributed by atoms with van der Waals surface area (Å²) in [6, 6.07) is 0.760. The van der Waals surface area contributed by atoms with Crippen molar-refractivity contribution in [1.29, 1.82) is 0 Å². The molecule has 90 valence electrons. The second kappa shape index (κ2) is 5.28. The van der Waals surface area contributed by atoms with Gasteiger partial charge in [0.05, 0.1) is 0 Å². The summed E-state index contributed by atoms with van der Waals surface area (Å²) in [7, 11) is 4.38. The van der Waals surface area contributed by atoms with Gasteiger partial charge in [0, 0.05) is 18.1 Å². The highest BCUT2D eigenvalue weighted by Crippen LogP contribution is 2.15. The van der Waals surface area contributed by atoms with E-state index < -0.39 is 0 Å². The zero-order valence-electron chi connectivity index (χ0n) is 10.8. The Hall–Kier alpha value is -0.120. The maximum atomic E-state index is 6.06. The van der Waals surface area contributed by atoms with Gasteiger partial charge in [0.15, 0.2) is 0 Å². The lowest BCUT2D eigenvalue weighted by Crippen LogP contribution is -2.45. The van der Waals surface area contributed by atoms with Gasteiger partial charge in [0.25, 0.3) is 0 Å². The average molecular weight is 213 g/mol.